The number of aliphatic hydroxyl groups is 1. The highest BCUT2D eigenvalue weighted by Crippen LogP contribution is 2.14. The zero-order valence-electron chi connectivity index (χ0n) is 40.4. The van der Waals surface area contributed by atoms with Gasteiger partial charge in [0.25, 0.3) is 0 Å². The predicted octanol–water partition coefficient (Wildman–Crippen LogP) is -1.94. The van der Waals surface area contributed by atoms with Crippen molar-refractivity contribution in [2.45, 2.75) is 116 Å². The molecule has 3 rings (SSSR count). The van der Waals surface area contributed by atoms with Crippen LogP contribution in [0, 0.1) is 24.7 Å². The van der Waals surface area contributed by atoms with Crippen molar-refractivity contribution in [3.63, 3.8) is 0 Å². The highest BCUT2D eigenvalue weighted by molar-refractivity contribution is 5.97. The zero-order valence-corrected chi connectivity index (χ0v) is 40.4. The molecule has 1 aliphatic rings. The van der Waals surface area contributed by atoms with Gasteiger partial charge in [-0.15, -0.1) is 0 Å². The molecule has 22 nitrogen and oxygen atoms in total. The van der Waals surface area contributed by atoms with Crippen molar-refractivity contribution < 1.29 is 43.5 Å². The molecule has 1 aliphatic heterocycles. The number of para-hydroxylation sites is 1. The Balaban J connectivity index is 2.00. The van der Waals surface area contributed by atoms with Gasteiger partial charge in [-0.05, 0) is 87.7 Å². The normalized spacial score (nSPS) is 23.3. The molecule has 2 unspecified atom stereocenters. The van der Waals surface area contributed by atoms with Gasteiger partial charge in [0.2, 0.25) is 41.4 Å². The highest BCUT2D eigenvalue weighted by atomic mass is 16.3. The number of aliphatic hydroxyl groups excluding tert-OH is 1. The Morgan fingerprint density at radius 1 is 0.710 bits per heavy atom. The number of urea groups is 1. The van der Waals surface area contributed by atoms with Crippen molar-refractivity contribution in [3.8, 4) is 0 Å². The molecule has 2 aromatic rings. The minimum absolute atomic E-state index is 0.00188. The van der Waals surface area contributed by atoms with E-state index in [0.717, 1.165) is 5.56 Å². The Morgan fingerprint density at radius 3 is 1.90 bits per heavy atom. The molecule has 382 valence electrons. The lowest BCUT2D eigenvalue weighted by Crippen LogP contribution is -2.59. The van der Waals surface area contributed by atoms with E-state index in [1.165, 1.54) is 0 Å². The molecule has 0 aliphatic carbocycles. The monoisotopic (exact) mass is 966 g/mol. The molecule has 0 radical (unpaired) electrons. The molecule has 0 bridgehead atoms. The van der Waals surface area contributed by atoms with E-state index in [4.69, 9.17) is 17.2 Å². The molecule has 1 heterocycles. The van der Waals surface area contributed by atoms with Gasteiger partial charge in [0.05, 0.1) is 18.5 Å². The fourth-order valence-corrected chi connectivity index (χ4v) is 7.54. The quantitative estimate of drug-likeness (QED) is 0.0872. The third kappa shape index (κ3) is 20.1. The fraction of sp³-hybridized carbons (Fsp3) is 0.574. The topological polar surface area (TPSA) is 355 Å². The van der Waals surface area contributed by atoms with E-state index in [-0.39, 0.29) is 76.7 Å². The first-order valence-electron chi connectivity index (χ1n) is 23.6. The molecule has 22 heteroatoms. The van der Waals surface area contributed by atoms with Gasteiger partial charge in [0.15, 0.2) is 0 Å². The molecule has 8 atom stereocenters. The van der Waals surface area contributed by atoms with Gasteiger partial charge in [-0.1, -0.05) is 76.2 Å². The molecule has 69 heavy (non-hydrogen) atoms. The van der Waals surface area contributed by atoms with Crippen LogP contribution in [-0.2, 0) is 40.0 Å². The number of carbonyl (C=O) groups excluding carboxylic acids is 8. The van der Waals surface area contributed by atoms with Crippen LogP contribution in [0.4, 0.5) is 10.5 Å². The number of aryl methyl sites for hydroxylation is 1. The number of anilines is 1. The molecule has 0 aromatic heterocycles. The average molecular weight is 966 g/mol. The van der Waals surface area contributed by atoms with Crippen molar-refractivity contribution in [3.05, 3.63) is 65.7 Å². The number of nitrogens with two attached hydrogens (primary N) is 3. The first kappa shape index (κ1) is 57.1. The van der Waals surface area contributed by atoms with Crippen LogP contribution in [0.5, 0.6) is 0 Å². The van der Waals surface area contributed by atoms with E-state index >= 15 is 0 Å². The van der Waals surface area contributed by atoms with Crippen molar-refractivity contribution in [1.82, 2.24) is 47.9 Å². The molecule has 9 amide bonds. The SMILES string of the molecule is Cc1ccccc1NC(=O)N[C@H](CN)C(=O)NCC1CCNC(O)[C@H](CC(C)C)NC(=O)CNC(=O)[C@H](CCN)NC(=O)[C@H](CC(C)C)NC(=O)[C@@H](Cc2ccccc2)NC(=O)[C@H](CCN)NC1=O. The Morgan fingerprint density at radius 2 is 1.28 bits per heavy atom. The smallest absolute Gasteiger partial charge is 0.319 e. The lowest BCUT2D eigenvalue weighted by atomic mass is 10.00. The lowest BCUT2D eigenvalue weighted by Gasteiger charge is -2.28. The third-order valence-electron chi connectivity index (χ3n) is 11.3. The lowest BCUT2D eigenvalue weighted by molar-refractivity contribution is -0.135. The second-order valence-electron chi connectivity index (χ2n) is 18.1. The fourth-order valence-electron chi connectivity index (χ4n) is 7.54. The maximum atomic E-state index is 14.2. The summed E-state index contributed by atoms with van der Waals surface area (Å²) in [6, 6.07) is 8.17. The molecular formula is C47H75N13O9. The third-order valence-corrected chi connectivity index (χ3v) is 11.3. The first-order valence-corrected chi connectivity index (χ1v) is 23.6. The average Bonchev–Trinajstić information content (AvgIpc) is 3.30. The minimum atomic E-state index is -1.35. The Kier molecular flexibility index (Phi) is 24.5. The van der Waals surface area contributed by atoms with Crippen LogP contribution in [-0.4, -0.2) is 134 Å². The minimum Gasteiger partial charge on any atom is -0.376 e. The number of amides is 9. The number of hydrogen-bond acceptors (Lipinski definition) is 13. The summed E-state index contributed by atoms with van der Waals surface area (Å²) in [6.07, 6.45) is -1.03. The number of benzene rings is 2. The Hall–Kier alpha value is -6.20. The van der Waals surface area contributed by atoms with E-state index in [0.29, 0.717) is 17.7 Å². The summed E-state index contributed by atoms with van der Waals surface area (Å²) in [5, 5.41) is 38.3. The van der Waals surface area contributed by atoms with Gasteiger partial charge >= 0.3 is 6.03 Å². The summed E-state index contributed by atoms with van der Waals surface area (Å²) in [6.45, 7) is 8.03. The van der Waals surface area contributed by atoms with Crippen LogP contribution in [0.25, 0.3) is 0 Å². The van der Waals surface area contributed by atoms with Gasteiger partial charge in [-0.3, -0.25) is 38.9 Å². The van der Waals surface area contributed by atoms with Gasteiger partial charge < -0.3 is 70.2 Å². The van der Waals surface area contributed by atoms with Crippen molar-refractivity contribution in [1.29, 1.82) is 0 Å². The summed E-state index contributed by atoms with van der Waals surface area (Å²) in [4.78, 5) is 110. The van der Waals surface area contributed by atoms with E-state index in [2.05, 4.69) is 53.2 Å². The summed E-state index contributed by atoms with van der Waals surface area (Å²) >= 11 is 0. The number of hydrogen-bond donors (Lipinski definition) is 14. The Labute approximate surface area is 404 Å². The predicted molar refractivity (Wildman–Crippen MR) is 260 cm³/mol. The van der Waals surface area contributed by atoms with E-state index in [1.54, 1.807) is 55.5 Å². The maximum absolute atomic E-state index is 14.2. The van der Waals surface area contributed by atoms with Crippen LogP contribution in [0.15, 0.2) is 54.6 Å². The number of nitrogens with one attached hydrogen (secondary N) is 10. The molecule has 17 N–H and O–H groups in total. The molecular weight excluding hydrogens is 891 g/mol. The van der Waals surface area contributed by atoms with E-state index in [1.807, 2.05) is 33.8 Å². The van der Waals surface area contributed by atoms with Crippen LogP contribution >= 0.6 is 0 Å². The first-order chi connectivity index (χ1) is 32.8. The second kappa shape index (κ2) is 29.6. The van der Waals surface area contributed by atoms with Gasteiger partial charge in [-0.2, -0.15) is 0 Å². The van der Waals surface area contributed by atoms with Crippen LogP contribution in [0.2, 0.25) is 0 Å². The summed E-state index contributed by atoms with van der Waals surface area (Å²) in [7, 11) is 0. The second-order valence-corrected chi connectivity index (χ2v) is 18.1. The van der Waals surface area contributed by atoms with Crippen LogP contribution < -0.4 is 70.4 Å². The molecule has 0 spiro atoms. The number of rotatable bonds is 16. The van der Waals surface area contributed by atoms with E-state index < -0.39 is 102 Å². The molecule has 0 saturated carbocycles. The Bertz CT molecular complexity index is 2010. The van der Waals surface area contributed by atoms with Crippen LogP contribution in [0.3, 0.4) is 0 Å². The largest absolute Gasteiger partial charge is 0.376 e. The molecule has 1 saturated heterocycles. The molecule has 1 fully saturated rings. The van der Waals surface area contributed by atoms with Crippen LogP contribution in [0.1, 0.15) is 70.9 Å². The standard InChI is InChI=1S/C47H75N13O9/c1-27(2)21-35-42(64)51-20-17-31(25-52-43(65)38(24-50)60-47(69)59-32-14-10-9-11-29(32)5)40(62)55-34(16-19-49)44(66)58-37(23-30-12-7-6-8-13-30)46(68)57-36(22-28(3)4)45(67)56-33(15-18-48)41(63)53-26-39(61)54-35/h6-14,27-28,31,33-38,42,51,64H,15-26,48-50H2,1-5H3,(H,52,65)(H,53,63)(H,54,61)(H,55,62)(H,56,67)(H,57,68)(H,58,66)(H2,59,60,69)/t31?,33-,34-,35-,36-,37+,38+,42?/m0/s1. The van der Waals surface area contributed by atoms with Crippen molar-refractivity contribution in [2.24, 2.45) is 35.0 Å². The highest BCUT2D eigenvalue weighted by Gasteiger charge is 2.34. The van der Waals surface area contributed by atoms with E-state index in [9.17, 15) is 43.5 Å². The maximum Gasteiger partial charge on any atom is 0.319 e. The summed E-state index contributed by atoms with van der Waals surface area (Å²) in [5.41, 5.74) is 19.6. The van der Waals surface area contributed by atoms with Gasteiger partial charge in [-0.25, -0.2) is 4.79 Å². The summed E-state index contributed by atoms with van der Waals surface area (Å²) < 4.78 is 0. The zero-order chi connectivity index (χ0) is 51.0. The van der Waals surface area contributed by atoms with Crippen molar-refractivity contribution in [2.75, 3.05) is 44.6 Å². The van der Waals surface area contributed by atoms with Gasteiger partial charge in [0.1, 0.15) is 36.4 Å². The number of carbonyl (C=O) groups is 8. The van der Waals surface area contributed by atoms with Gasteiger partial charge in [0, 0.05) is 25.2 Å². The van der Waals surface area contributed by atoms with Crippen molar-refractivity contribution >= 4 is 53.1 Å². The molecule has 2 aromatic carbocycles. The summed E-state index contributed by atoms with van der Waals surface area (Å²) in [5.74, 6) is -6.13.